The van der Waals surface area contributed by atoms with Crippen molar-refractivity contribution >= 4 is 0 Å². The van der Waals surface area contributed by atoms with Crippen molar-refractivity contribution in [3.63, 3.8) is 0 Å². The summed E-state index contributed by atoms with van der Waals surface area (Å²) < 4.78 is 45.4. The molecule has 112 valence electrons. The molecule has 0 bridgehead atoms. The first-order valence-electron chi connectivity index (χ1n) is 6.51. The summed E-state index contributed by atoms with van der Waals surface area (Å²) in [5, 5.41) is 0. The molecule has 1 aliphatic rings. The number of nitrogens with zero attached hydrogens (tertiary/aromatic N) is 1. The van der Waals surface area contributed by atoms with Crippen molar-refractivity contribution < 1.29 is 17.9 Å². The van der Waals surface area contributed by atoms with Gasteiger partial charge in [-0.2, -0.15) is 0 Å². The number of nitrogens with one attached hydrogen (secondary N) is 1. The minimum atomic E-state index is -2.62. The van der Waals surface area contributed by atoms with E-state index in [1.54, 1.807) is 0 Å². The summed E-state index contributed by atoms with van der Waals surface area (Å²) in [4.78, 5) is 3.76. The summed E-state index contributed by atoms with van der Waals surface area (Å²) in [6.07, 6.45) is 1.62. The molecule has 1 aromatic rings. The Morgan fingerprint density at radius 2 is 2.10 bits per heavy atom. The number of halogens is 3. The summed E-state index contributed by atoms with van der Waals surface area (Å²) >= 11 is 0. The summed E-state index contributed by atoms with van der Waals surface area (Å²) in [5.74, 6) is 2.02. The van der Waals surface area contributed by atoms with E-state index in [4.69, 9.17) is 10.6 Å². The van der Waals surface area contributed by atoms with Gasteiger partial charge in [0.1, 0.15) is 0 Å². The van der Waals surface area contributed by atoms with Crippen molar-refractivity contribution in [2.75, 3.05) is 7.11 Å². The lowest BCUT2D eigenvalue weighted by Gasteiger charge is -2.33. The minimum Gasteiger partial charge on any atom is -0.479 e. The second-order valence-corrected chi connectivity index (χ2v) is 5.06. The molecule has 1 fully saturated rings. The Labute approximate surface area is 115 Å². The van der Waals surface area contributed by atoms with Crippen molar-refractivity contribution in [1.82, 2.24) is 10.4 Å². The van der Waals surface area contributed by atoms with Gasteiger partial charge in [-0.1, -0.05) is 0 Å². The van der Waals surface area contributed by atoms with Gasteiger partial charge < -0.3 is 4.74 Å². The van der Waals surface area contributed by atoms with Crippen molar-refractivity contribution in [3.05, 3.63) is 23.6 Å². The molecule has 0 radical (unpaired) electrons. The van der Waals surface area contributed by atoms with Crippen molar-refractivity contribution in [2.45, 2.75) is 37.6 Å². The zero-order valence-corrected chi connectivity index (χ0v) is 11.2. The van der Waals surface area contributed by atoms with Crippen LogP contribution >= 0.6 is 0 Å². The first-order chi connectivity index (χ1) is 9.48. The van der Waals surface area contributed by atoms with E-state index in [-0.39, 0.29) is 24.6 Å². The molecule has 7 heteroatoms. The fourth-order valence-corrected chi connectivity index (χ4v) is 2.70. The van der Waals surface area contributed by atoms with Gasteiger partial charge in [-0.25, -0.2) is 18.2 Å². The van der Waals surface area contributed by atoms with Crippen LogP contribution in [0.3, 0.4) is 0 Å². The van der Waals surface area contributed by atoms with Gasteiger partial charge in [0.2, 0.25) is 11.8 Å². The molecule has 4 nitrogen and oxygen atoms in total. The summed E-state index contributed by atoms with van der Waals surface area (Å²) in [6.45, 7) is 0. The largest absolute Gasteiger partial charge is 0.479 e. The molecular formula is C13H18F3N3O. The van der Waals surface area contributed by atoms with Crippen LogP contribution in [0.5, 0.6) is 5.88 Å². The normalized spacial score (nSPS) is 20.6. The van der Waals surface area contributed by atoms with Crippen LogP contribution < -0.4 is 16.0 Å². The number of methoxy groups -OCH3 is 1. The number of hydrazine groups is 1. The predicted octanol–water partition coefficient (Wildman–Crippen LogP) is 2.56. The molecule has 20 heavy (non-hydrogen) atoms. The highest BCUT2D eigenvalue weighted by Crippen LogP contribution is 2.41. The highest BCUT2D eigenvalue weighted by atomic mass is 19.3. The van der Waals surface area contributed by atoms with Crippen molar-refractivity contribution in [3.8, 4) is 5.88 Å². The summed E-state index contributed by atoms with van der Waals surface area (Å²) in [5.41, 5.74) is 2.84. The number of pyridine rings is 1. The third-order valence-electron chi connectivity index (χ3n) is 3.83. The fourth-order valence-electron chi connectivity index (χ4n) is 2.70. The maximum atomic E-state index is 14.2. The van der Waals surface area contributed by atoms with Crippen molar-refractivity contribution in [2.24, 2.45) is 11.8 Å². The molecule has 0 aromatic carbocycles. The van der Waals surface area contributed by atoms with E-state index in [0.29, 0.717) is 18.4 Å². The van der Waals surface area contributed by atoms with E-state index in [1.807, 2.05) is 0 Å². The van der Waals surface area contributed by atoms with Crippen LogP contribution in [-0.4, -0.2) is 18.0 Å². The van der Waals surface area contributed by atoms with Crippen LogP contribution in [0.25, 0.3) is 0 Å². The van der Waals surface area contributed by atoms with Crippen LogP contribution in [0.1, 0.15) is 37.3 Å². The van der Waals surface area contributed by atoms with Gasteiger partial charge in [-0.15, -0.1) is 0 Å². The topological polar surface area (TPSA) is 60.2 Å². The molecule has 0 spiro atoms. The van der Waals surface area contributed by atoms with E-state index in [9.17, 15) is 13.2 Å². The first kappa shape index (κ1) is 15.1. The van der Waals surface area contributed by atoms with Gasteiger partial charge in [0, 0.05) is 24.6 Å². The van der Waals surface area contributed by atoms with Gasteiger partial charge in [0.05, 0.1) is 13.2 Å². The van der Waals surface area contributed by atoms with Gasteiger partial charge in [0.15, 0.2) is 5.82 Å². The second kappa shape index (κ2) is 5.97. The quantitative estimate of drug-likeness (QED) is 0.660. The van der Waals surface area contributed by atoms with Crippen LogP contribution in [-0.2, 0) is 0 Å². The lowest BCUT2D eigenvalue weighted by molar-refractivity contribution is -0.0499. The lowest BCUT2D eigenvalue weighted by atomic mass is 9.80. The maximum absolute atomic E-state index is 14.2. The van der Waals surface area contributed by atoms with Crippen molar-refractivity contribution in [1.29, 1.82) is 0 Å². The zero-order chi connectivity index (χ0) is 14.8. The number of aromatic nitrogens is 1. The molecule has 0 saturated heterocycles. The van der Waals surface area contributed by atoms with Gasteiger partial charge >= 0.3 is 0 Å². The highest BCUT2D eigenvalue weighted by Gasteiger charge is 2.38. The minimum absolute atomic E-state index is 0.121. The molecule has 0 aliphatic heterocycles. The number of nitrogens with two attached hydrogens (primary N) is 1. The molecule has 2 rings (SSSR count). The molecule has 3 N–H and O–H groups in total. The Balaban J connectivity index is 2.21. The summed E-state index contributed by atoms with van der Waals surface area (Å²) in [7, 11) is 1.32. The van der Waals surface area contributed by atoms with E-state index >= 15 is 0 Å². The number of rotatable bonds is 4. The first-order valence-corrected chi connectivity index (χ1v) is 6.51. The molecular weight excluding hydrogens is 271 g/mol. The molecule has 1 aliphatic carbocycles. The number of hydrogen-bond donors (Lipinski definition) is 2. The second-order valence-electron chi connectivity index (χ2n) is 5.06. The lowest BCUT2D eigenvalue weighted by Crippen LogP contribution is -2.37. The molecule has 1 aromatic heterocycles. The molecule has 1 heterocycles. The van der Waals surface area contributed by atoms with Gasteiger partial charge in [-0.05, 0) is 24.8 Å². The van der Waals surface area contributed by atoms with Crippen LogP contribution in [0.2, 0.25) is 0 Å². The van der Waals surface area contributed by atoms with Crippen LogP contribution in [0, 0.1) is 11.7 Å². The molecule has 0 amide bonds. The number of hydrogen-bond acceptors (Lipinski definition) is 4. The summed E-state index contributed by atoms with van der Waals surface area (Å²) in [6, 6.07) is 0.970. The predicted molar refractivity (Wildman–Crippen MR) is 67.7 cm³/mol. The smallest absolute Gasteiger partial charge is 0.250 e. The van der Waals surface area contributed by atoms with Gasteiger partial charge in [0.25, 0.3) is 0 Å². The molecule has 1 unspecified atom stereocenters. The van der Waals surface area contributed by atoms with Crippen LogP contribution in [0.4, 0.5) is 13.2 Å². The fraction of sp³-hybridized carbons (Fsp3) is 0.615. The Hall–Kier alpha value is -1.34. The third-order valence-corrected chi connectivity index (χ3v) is 3.83. The molecule has 1 saturated carbocycles. The number of ether oxygens (including phenoxy) is 1. The van der Waals surface area contributed by atoms with E-state index in [0.717, 1.165) is 0 Å². The average molecular weight is 289 g/mol. The van der Waals surface area contributed by atoms with Gasteiger partial charge in [-0.3, -0.25) is 11.3 Å². The Morgan fingerprint density at radius 1 is 1.45 bits per heavy atom. The monoisotopic (exact) mass is 289 g/mol. The zero-order valence-electron chi connectivity index (χ0n) is 11.2. The van der Waals surface area contributed by atoms with E-state index < -0.39 is 17.8 Å². The van der Waals surface area contributed by atoms with E-state index in [1.165, 1.54) is 19.4 Å². The number of alkyl halides is 2. The molecule has 1 atom stereocenters. The standard InChI is InChI=1S/C13H18F3N3O/c1-20-12-10(14)9(4-7-18-12)11(19-17)8-2-5-13(15,16)6-3-8/h4,7-8,11,19H,2-3,5-6,17H2,1H3. The SMILES string of the molecule is COc1nccc(C(NN)C2CCC(F)(F)CC2)c1F. The van der Waals surface area contributed by atoms with Crippen LogP contribution in [0.15, 0.2) is 12.3 Å². The Morgan fingerprint density at radius 3 is 2.65 bits per heavy atom. The van der Waals surface area contributed by atoms with E-state index in [2.05, 4.69) is 10.4 Å². The maximum Gasteiger partial charge on any atom is 0.250 e. The third kappa shape index (κ3) is 3.04. The Kier molecular flexibility index (Phi) is 4.49. The highest BCUT2D eigenvalue weighted by molar-refractivity contribution is 5.27. The average Bonchev–Trinajstić information content (AvgIpc) is 2.43. The Bertz CT molecular complexity index is 460.